The molecule has 164 valence electrons. The van der Waals surface area contributed by atoms with Gasteiger partial charge in [-0.15, -0.1) is 0 Å². The molecule has 5 nitrogen and oxygen atoms in total. The quantitative estimate of drug-likeness (QED) is 0.479. The maximum absolute atomic E-state index is 14.5. The zero-order valence-electron chi connectivity index (χ0n) is 17.3. The number of aromatic amines is 1. The molecule has 1 aliphatic carbocycles. The molecule has 2 aromatic heterocycles. The fraction of sp³-hybridized carbons (Fsp3) is 0.250. The minimum Gasteiger partial charge on any atom is -0.353 e. The Labute approximate surface area is 182 Å². The van der Waals surface area contributed by atoms with Gasteiger partial charge in [-0.1, -0.05) is 0 Å². The third kappa shape index (κ3) is 3.66. The highest BCUT2D eigenvalue weighted by Gasteiger charge is 2.35. The third-order valence-electron chi connectivity index (χ3n) is 6.17. The number of H-pyrrole nitrogens is 1. The first kappa shape index (κ1) is 20.4. The maximum Gasteiger partial charge on any atom is 0.226 e. The Morgan fingerprint density at radius 3 is 2.56 bits per heavy atom. The van der Waals surface area contributed by atoms with Crippen LogP contribution in [0, 0.1) is 17.5 Å². The molecular formula is C24H21F3N4O. The van der Waals surface area contributed by atoms with Gasteiger partial charge in [-0.2, -0.15) is 5.10 Å². The van der Waals surface area contributed by atoms with E-state index in [4.69, 9.17) is 0 Å². The molecule has 2 aromatic carbocycles. The Bertz CT molecular complexity index is 1300. The first-order chi connectivity index (χ1) is 15.4. The van der Waals surface area contributed by atoms with E-state index in [1.807, 2.05) is 0 Å². The number of halogens is 3. The molecule has 1 aliphatic rings. The van der Waals surface area contributed by atoms with Crippen LogP contribution in [0.25, 0.3) is 22.2 Å². The van der Waals surface area contributed by atoms with Gasteiger partial charge in [0, 0.05) is 36.4 Å². The molecule has 8 heteroatoms. The van der Waals surface area contributed by atoms with Crippen molar-refractivity contribution in [2.24, 2.45) is 7.05 Å². The van der Waals surface area contributed by atoms with Gasteiger partial charge < -0.3 is 10.3 Å². The minimum absolute atomic E-state index is 0.00649. The minimum atomic E-state index is -0.671. The second-order valence-electron chi connectivity index (χ2n) is 8.29. The fourth-order valence-corrected chi connectivity index (χ4v) is 4.50. The summed E-state index contributed by atoms with van der Waals surface area (Å²) in [7, 11) is 1.79. The lowest BCUT2D eigenvalue weighted by Crippen LogP contribution is -2.44. The molecule has 0 radical (unpaired) electrons. The lowest BCUT2D eigenvalue weighted by molar-refractivity contribution is -0.121. The van der Waals surface area contributed by atoms with Crippen molar-refractivity contribution in [1.82, 2.24) is 20.1 Å². The summed E-state index contributed by atoms with van der Waals surface area (Å²) < 4.78 is 43.6. The Kier molecular flexibility index (Phi) is 5.00. The van der Waals surface area contributed by atoms with Crippen LogP contribution in [0.15, 0.2) is 48.7 Å². The van der Waals surface area contributed by atoms with Crippen molar-refractivity contribution < 1.29 is 18.0 Å². The normalized spacial score (nSPS) is 18.0. The summed E-state index contributed by atoms with van der Waals surface area (Å²) >= 11 is 0. The molecule has 5 rings (SSSR count). The van der Waals surface area contributed by atoms with E-state index in [9.17, 15) is 18.0 Å². The van der Waals surface area contributed by atoms with Gasteiger partial charge in [-0.3, -0.25) is 9.48 Å². The SMILES string of the molecule is Cn1nccc1CC(=O)NC1CC(c2c(-c3ccc(F)cc3)[nH]c3c(F)cc(F)cc23)C1. The standard InChI is InChI=1S/C24H21F3N4O/c1-31-18(6-7-28-31)12-21(32)29-17-8-14(9-17)22-19-10-16(26)11-20(27)24(19)30-23(22)13-2-4-15(25)5-3-13/h2-7,10-11,14,17,30H,8-9,12H2,1H3,(H,29,32). The fourth-order valence-electron chi connectivity index (χ4n) is 4.50. The number of hydrogen-bond acceptors (Lipinski definition) is 2. The van der Waals surface area contributed by atoms with Gasteiger partial charge in [0.25, 0.3) is 0 Å². The Morgan fingerprint density at radius 1 is 1.12 bits per heavy atom. The van der Waals surface area contributed by atoms with Crippen LogP contribution in [-0.4, -0.2) is 26.7 Å². The third-order valence-corrected chi connectivity index (χ3v) is 6.17. The average molecular weight is 438 g/mol. The van der Waals surface area contributed by atoms with Crippen LogP contribution in [0.1, 0.15) is 30.0 Å². The highest BCUT2D eigenvalue weighted by Crippen LogP contribution is 2.45. The number of carbonyl (C=O) groups excluding carboxylic acids is 1. The second-order valence-corrected chi connectivity index (χ2v) is 8.29. The van der Waals surface area contributed by atoms with E-state index in [0.29, 0.717) is 29.5 Å². The molecule has 2 heterocycles. The first-order valence-electron chi connectivity index (χ1n) is 10.4. The first-order valence-corrected chi connectivity index (χ1v) is 10.4. The number of aryl methyl sites for hydroxylation is 1. The molecule has 2 N–H and O–H groups in total. The van der Waals surface area contributed by atoms with Gasteiger partial charge in [0.15, 0.2) is 0 Å². The number of aromatic nitrogens is 3. The summed E-state index contributed by atoms with van der Waals surface area (Å²) in [6.07, 6.45) is 3.18. The summed E-state index contributed by atoms with van der Waals surface area (Å²) in [4.78, 5) is 15.5. The maximum atomic E-state index is 14.5. The van der Waals surface area contributed by atoms with Crippen molar-refractivity contribution in [2.75, 3.05) is 0 Å². The molecule has 1 saturated carbocycles. The highest BCUT2D eigenvalue weighted by atomic mass is 19.1. The summed E-state index contributed by atoms with van der Waals surface area (Å²) in [6.45, 7) is 0. The number of benzene rings is 2. The summed E-state index contributed by atoms with van der Waals surface area (Å²) in [5.74, 6) is -1.78. The predicted molar refractivity (Wildman–Crippen MR) is 114 cm³/mol. The monoisotopic (exact) mass is 438 g/mol. The van der Waals surface area contributed by atoms with Gasteiger partial charge in [0.1, 0.15) is 17.5 Å². The van der Waals surface area contributed by atoms with Crippen LogP contribution in [0.3, 0.4) is 0 Å². The average Bonchev–Trinajstić information content (AvgIpc) is 3.29. The molecule has 0 atom stereocenters. The lowest BCUT2D eigenvalue weighted by Gasteiger charge is -2.36. The molecule has 0 unspecified atom stereocenters. The van der Waals surface area contributed by atoms with Crippen LogP contribution in [0.5, 0.6) is 0 Å². The summed E-state index contributed by atoms with van der Waals surface area (Å²) in [6, 6.07) is 9.85. The van der Waals surface area contributed by atoms with Crippen molar-refractivity contribution in [3.8, 4) is 11.3 Å². The van der Waals surface area contributed by atoms with Crippen molar-refractivity contribution in [3.05, 3.63) is 77.4 Å². The number of nitrogens with one attached hydrogen (secondary N) is 2. The highest BCUT2D eigenvalue weighted by molar-refractivity contribution is 5.92. The topological polar surface area (TPSA) is 62.7 Å². The van der Waals surface area contributed by atoms with E-state index >= 15 is 0 Å². The predicted octanol–water partition coefficient (Wildman–Crippen LogP) is 4.59. The molecule has 0 spiro atoms. The smallest absolute Gasteiger partial charge is 0.226 e. The Morgan fingerprint density at radius 2 is 1.88 bits per heavy atom. The number of carbonyl (C=O) groups is 1. The number of fused-ring (bicyclic) bond motifs is 1. The van der Waals surface area contributed by atoms with E-state index in [0.717, 1.165) is 17.3 Å². The molecule has 32 heavy (non-hydrogen) atoms. The zero-order chi connectivity index (χ0) is 22.4. The molecule has 4 aromatic rings. The van der Waals surface area contributed by atoms with Crippen molar-refractivity contribution in [1.29, 1.82) is 0 Å². The van der Waals surface area contributed by atoms with Gasteiger partial charge in [0.2, 0.25) is 5.91 Å². The van der Waals surface area contributed by atoms with Crippen LogP contribution in [0.2, 0.25) is 0 Å². The number of rotatable bonds is 5. The molecular weight excluding hydrogens is 417 g/mol. The van der Waals surface area contributed by atoms with Crippen molar-refractivity contribution in [2.45, 2.75) is 31.2 Å². The number of amides is 1. The summed E-state index contributed by atoms with van der Waals surface area (Å²) in [5, 5.41) is 7.57. The molecule has 1 fully saturated rings. The van der Waals surface area contributed by atoms with E-state index in [1.54, 1.807) is 36.1 Å². The summed E-state index contributed by atoms with van der Waals surface area (Å²) in [5.41, 5.74) is 3.18. The van der Waals surface area contributed by atoms with Gasteiger partial charge in [-0.05, 0) is 66.3 Å². The van der Waals surface area contributed by atoms with E-state index < -0.39 is 11.6 Å². The van der Waals surface area contributed by atoms with E-state index in [2.05, 4.69) is 15.4 Å². The van der Waals surface area contributed by atoms with E-state index in [1.165, 1.54) is 18.2 Å². The van der Waals surface area contributed by atoms with Crippen LogP contribution < -0.4 is 5.32 Å². The number of nitrogens with zero attached hydrogens (tertiary/aromatic N) is 2. The van der Waals surface area contributed by atoms with Gasteiger partial charge in [0.05, 0.1) is 17.6 Å². The van der Waals surface area contributed by atoms with Crippen molar-refractivity contribution >= 4 is 16.8 Å². The Hall–Kier alpha value is -3.55. The van der Waals surface area contributed by atoms with E-state index in [-0.39, 0.29) is 35.6 Å². The lowest BCUT2D eigenvalue weighted by atomic mass is 9.74. The van der Waals surface area contributed by atoms with Gasteiger partial charge >= 0.3 is 0 Å². The van der Waals surface area contributed by atoms with Crippen LogP contribution >= 0.6 is 0 Å². The second kappa shape index (κ2) is 7.85. The molecule has 0 bridgehead atoms. The van der Waals surface area contributed by atoms with Crippen LogP contribution in [-0.2, 0) is 18.3 Å². The Balaban J connectivity index is 1.40. The largest absolute Gasteiger partial charge is 0.353 e. The molecule has 0 aliphatic heterocycles. The van der Waals surface area contributed by atoms with Gasteiger partial charge in [-0.25, -0.2) is 13.2 Å². The zero-order valence-corrected chi connectivity index (χ0v) is 17.3. The molecule has 1 amide bonds. The molecule has 0 saturated heterocycles. The van der Waals surface area contributed by atoms with Crippen LogP contribution in [0.4, 0.5) is 13.2 Å². The van der Waals surface area contributed by atoms with Crippen molar-refractivity contribution in [3.63, 3.8) is 0 Å². The number of hydrogen-bond donors (Lipinski definition) is 2.